The summed E-state index contributed by atoms with van der Waals surface area (Å²) in [6.45, 7) is 5.85. The molecular weight excluding hydrogens is 471 g/mol. The van der Waals surface area contributed by atoms with Gasteiger partial charge < -0.3 is 10.6 Å². The van der Waals surface area contributed by atoms with Crippen molar-refractivity contribution in [2.45, 2.75) is 31.1 Å². The summed E-state index contributed by atoms with van der Waals surface area (Å²) in [6, 6.07) is 11.5. The fraction of sp³-hybridized carbons (Fsp3) is 0.312. The predicted molar refractivity (Wildman–Crippen MR) is 114 cm³/mol. The molecule has 0 saturated carbocycles. The van der Waals surface area contributed by atoms with E-state index in [1.54, 1.807) is 6.07 Å². The van der Waals surface area contributed by atoms with Crippen molar-refractivity contribution in [1.82, 2.24) is 10.6 Å². The van der Waals surface area contributed by atoms with Crippen LogP contribution in [0.5, 0.6) is 0 Å². The standard InChI is InChI=1S/C16H22N4O2S2.HI/c1-3-18-16(19-10-13-6-4-12(2)5-7-13)20-11-14-8-9-15(23-14)24(17,21)22;/h4-9H,3,10-11H2,1-2H3,(H2,17,21,22)(H2,18,19,20);1H. The molecule has 0 saturated heterocycles. The highest BCUT2D eigenvalue weighted by Gasteiger charge is 2.11. The third-order valence-electron chi connectivity index (χ3n) is 3.23. The Hall–Kier alpha value is -1.17. The van der Waals surface area contributed by atoms with Gasteiger partial charge in [0.25, 0.3) is 0 Å². The number of thiophene rings is 1. The molecule has 0 amide bonds. The van der Waals surface area contributed by atoms with Crippen LogP contribution >= 0.6 is 35.3 Å². The van der Waals surface area contributed by atoms with Crippen LogP contribution in [-0.4, -0.2) is 20.9 Å². The molecule has 138 valence electrons. The van der Waals surface area contributed by atoms with Gasteiger partial charge in [-0.15, -0.1) is 35.3 Å². The molecular formula is C16H23IN4O2S2. The fourth-order valence-corrected chi connectivity index (χ4v) is 3.70. The van der Waals surface area contributed by atoms with Gasteiger partial charge in [-0.25, -0.2) is 18.5 Å². The SMILES string of the molecule is CCNC(=NCc1ccc(C)cc1)NCc1ccc(S(N)(=O)=O)s1.I. The molecule has 1 aromatic carbocycles. The molecule has 4 N–H and O–H groups in total. The van der Waals surface area contributed by atoms with Crippen LogP contribution in [-0.2, 0) is 23.1 Å². The summed E-state index contributed by atoms with van der Waals surface area (Å²) in [7, 11) is -3.64. The number of primary sulfonamides is 1. The molecule has 1 aromatic heterocycles. The quantitative estimate of drug-likeness (QED) is 0.327. The zero-order valence-electron chi connectivity index (χ0n) is 14.2. The first-order valence-corrected chi connectivity index (χ1v) is 9.94. The number of nitrogens with two attached hydrogens (primary N) is 1. The number of aryl methyl sites for hydroxylation is 1. The second-order valence-electron chi connectivity index (χ2n) is 5.30. The van der Waals surface area contributed by atoms with Gasteiger partial charge in [-0.3, -0.25) is 0 Å². The average molecular weight is 494 g/mol. The van der Waals surface area contributed by atoms with Gasteiger partial charge in [0.1, 0.15) is 4.21 Å². The summed E-state index contributed by atoms with van der Waals surface area (Å²) in [5.41, 5.74) is 2.35. The molecule has 0 aliphatic rings. The third kappa shape index (κ3) is 7.30. The maximum atomic E-state index is 11.3. The van der Waals surface area contributed by atoms with Crippen molar-refractivity contribution in [2.24, 2.45) is 10.1 Å². The Balaban J connectivity index is 0.00000312. The number of sulfonamides is 1. The Labute approximate surface area is 170 Å². The van der Waals surface area contributed by atoms with Gasteiger partial charge in [0, 0.05) is 11.4 Å². The van der Waals surface area contributed by atoms with E-state index >= 15 is 0 Å². The van der Waals surface area contributed by atoms with Gasteiger partial charge in [-0.05, 0) is 31.5 Å². The first-order chi connectivity index (χ1) is 11.4. The summed E-state index contributed by atoms with van der Waals surface area (Å²) >= 11 is 1.16. The molecule has 0 atom stereocenters. The molecule has 0 spiro atoms. The average Bonchev–Trinajstić information content (AvgIpc) is 3.01. The van der Waals surface area contributed by atoms with Gasteiger partial charge >= 0.3 is 0 Å². The Bertz CT molecular complexity index is 802. The van der Waals surface area contributed by atoms with Crippen molar-refractivity contribution in [3.05, 3.63) is 52.4 Å². The van der Waals surface area contributed by atoms with Crippen LogP contribution in [0, 0.1) is 6.92 Å². The Morgan fingerprint density at radius 1 is 1.16 bits per heavy atom. The third-order valence-corrected chi connectivity index (χ3v) is 5.76. The number of hydrogen-bond donors (Lipinski definition) is 3. The molecule has 1 heterocycles. The Morgan fingerprint density at radius 2 is 1.84 bits per heavy atom. The zero-order valence-corrected chi connectivity index (χ0v) is 18.1. The predicted octanol–water partition coefficient (Wildman–Crippen LogP) is 2.58. The number of hydrogen-bond acceptors (Lipinski definition) is 4. The monoisotopic (exact) mass is 494 g/mol. The molecule has 0 fully saturated rings. The second kappa shape index (κ2) is 10.1. The molecule has 25 heavy (non-hydrogen) atoms. The highest BCUT2D eigenvalue weighted by atomic mass is 127. The minimum atomic E-state index is -3.64. The number of guanidine groups is 1. The molecule has 0 bridgehead atoms. The lowest BCUT2D eigenvalue weighted by Gasteiger charge is -2.10. The molecule has 0 radical (unpaired) electrons. The van der Waals surface area contributed by atoms with Crippen molar-refractivity contribution in [2.75, 3.05) is 6.54 Å². The van der Waals surface area contributed by atoms with Crippen LogP contribution in [0.3, 0.4) is 0 Å². The Morgan fingerprint density at radius 3 is 2.40 bits per heavy atom. The molecule has 0 aliphatic carbocycles. The van der Waals surface area contributed by atoms with Crippen molar-refractivity contribution in [3.63, 3.8) is 0 Å². The van der Waals surface area contributed by atoms with E-state index in [0.29, 0.717) is 19.0 Å². The first-order valence-electron chi connectivity index (χ1n) is 7.57. The van der Waals surface area contributed by atoms with Crippen molar-refractivity contribution in [3.8, 4) is 0 Å². The maximum absolute atomic E-state index is 11.3. The molecule has 0 unspecified atom stereocenters. The van der Waals surface area contributed by atoms with Gasteiger partial charge in [-0.2, -0.15) is 0 Å². The lowest BCUT2D eigenvalue weighted by molar-refractivity contribution is 0.600. The highest BCUT2D eigenvalue weighted by molar-refractivity contribution is 14.0. The van der Waals surface area contributed by atoms with E-state index in [1.807, 2.05) is 6.92 Å². The van der Waals surface area contributed by atoms with E-state index in [9.17, 15) is 8.42 Å². The number of nitrogens with zero attached hydrogens (tertiary/aromatic N) is 1. The van der Waals surface area contributed by atoms with Crippen LogP contribution in [0.15, 0.2) is 45.6 Å². The van der Waals surface area contributed by atoms with Gasteiger partial charge in [0.15, 0.2) is 5.96 Å². The summed E-state index contributed by atoms with van der Waals surface area (Å²) in [6.07, 6.45) is 0. The molecule has 6 nitrogen and oxygen atoms in total. The van der Waals surface area contributed by atoms with E-state index in [0.717, 1.165) is 28.3 Å². The smallest absolute Gasteiger partial charge is 0.247 e. The van der Waals surface area contributed by atoms with Crippen molar-refractivity contribution in [1.29, 1.82) is 0 Å². The zero-order chi connectivity index (χ0) is 17.6. The van der Waals surface area contributed by atoms with E-state index < -0.39 is 10.0 Å². The molecule has 2 rings (SSSR count). The van der Waals surface area contributed by atoms with Gasteiger partial charge in [-0.1, -0.05) is 29.8 Å². The van der Waals surface area contributed by atoms with E-state index in [-0.39, 0.29) is 28.2 Å². The summed E-state index contributed by atoms with van der Waals surface area (Å²) < 4.78 is 22.8. The lowest BCUT2D eigenvalue weighted by Crippen LogP contribution is -2.36. The van der Waals surface area contributed by atoms with Crippen LogP contribution < -0.4 is 15.8 Å². The van der Waals surface area contributed by atoms with Crippen LogP contribution in [0.25, 0.3) is 0 Å². The number of rotatable bonds is 6. The van der Waals surface area contributed by atoms with Gasteiger partial charge in [0.2, 0.25) is 10.0 Å². The normalized spacial score (nSPS) is 11.7. The largest absolute Gasteiger partial charge is 0.357 e. The van der Waals surface area contributed by atoms with E-state index in [2.05, 4.69) is 46.8 Å². The lowest BCUT2D eigenvalue weighted by atomic mass is 10.1. The summed E-state index contributed by atoms with van der Waals surface area (Å²) in [5, 5.41) is 11.5. The fourth-order valence-electron chi connectivity index (χ4n) is 1.98. The minimum Gasteiger partial charge on any atom is -0.357 e. The van der Waals surface area contributed by atoms with Gasteiger partial charge in [0.05, 0.1) is 13.1 Å². The molecule has 2 aromatic rings. The van der Waals surface area contributed by atoms with Crippen LogP contribution in [0.2, 0.25) is 0 Å². The maximum Gasteiger partial charge on any atom is 0.247 e. The number of halogens is 1. The van der Waals surface area contributed by atoms with Crippen molar-refractivity contribution >= 4 is 51.3 Å². The second-order valence-corrected chi connectivity index (χ2v) is 8.26. The van der Waals surface area contributed by atoms with E-state index in [1.165, 1.54) is 11.6 Å². The number of aliphatic imine (C=N–C) groups is 1. The number of nitrogens with one attached hydrogen (secondary N) is 2. The molecule has 9 heteroatoms. The minimum absolute atomic E-state index is 0. The van der Waals surface area contributed by atoms with Crippen molar-refractivity contribution < 1.29 is 8.42 Å². The number of benzene rings is 1. The highest BCUT2D eigenvalue weighted by Crippen LogP contribution is 2.19. The van der Waals surface area contributed by atoms with E-state index in [4.69, 9.17) is 5.14 Å². The summed E-state index contributed by atoms with van der Waals surface area (Å²) in [4.78, 5) is 5.42. The summed E-state index contributed by atoms with van der Waals surface area (Å²) in [5.74, 6) is 0.684. The molecule has 0 aliphatic heterocycles. The first kappa shape index (κ1) is 21.9. The Kier molecular flexibility index (Phi) is 8.83. The van der Waals surface area contributed by atoms with Crippen LogP contribution in [0.1, 0.15) is 22.9 Å². The topological polar surface area (TPSA) is 96.6 Å². The van der Waals surface area contributed by atoms with Crippen LogP contribution in [0.4, 0.5) is 0 Å².